The first-order valence-corrected chi connectivity index (χ1v) is 2.75. The molecule has 1 radical (unpaired) electrons. The van der Waals surface area contributed by atoms with Crippen molar-refractivity contribution in [2.75, 3.05) is 0 Å². The molecule has 2 aromatic carbocycles. The van der Waals surface area contributed by atoms with Gasteiger partial charge >= 0.3 is 0 Å². The Morgan fingerprint density at radius 1 is 1.10 bits per heavy atom. The van der Waals surface area contributed by atoms with E-state index in [1.54, 1.807) is 0 Å². The predicted molar refractivity (Wildman–Crippen MR) is 42.8 cm³/mol. The largest absolute Gasteiger partial charge is 0.0636 e. The SMILES string of the molecule is [2H]c1[c]c([2H])c2c([2H])c([2H])c([2H])c([2H])c2c1[2H]. The highest BCUT2D eigenvalue weighted by Crippen LogP contribution is 2.10. The first-order chi connectivity index (χ1) is 7.86. The number of benzene rings is 2. The molecule has 0 aliphatic carbocycles. The van der Waals surface area contributed by atoms with Gasteiger partial charge in [-0.15, -0.1) is 0 Å². The molecule has 0 heterocycles. The molecule has 0 aliphatic heterocycles. The Bertz CT molecular complexity index is 633. The first kappa shape index (κ1) is 1.85. The van der Waals surface area contributed by atoms with Crippen molar-refractivity contribution in [3.63, 3.8) is 0 Å². The van der Waals surface area contributed by atoms with Gasteiger partial charge in [-0.25, -0.2) is 0 Å². The van der Waals surface area contributed by atoms with Gasteiger partial charge in [-0.3, -0.25) is 0 Å². The third kappa shape index (κ3) is 0.781. The van der Waals surface area contributed by atoms with Gasteiger partial charge in [-0.05, 0) is 22.9 Å². The maximum atomic E-state index is 7.67. The highest BCUT2D eigenvalue weighted by molar-refractivity contribution is 5.81. The molecule has 0 amide bonds. The van der Waals surface area contributed by atoms with E-state index in [0.29, 0.717) is 0 Å². The molecule has 0 aromatic heterocycles. The zero-order valence-electron chi connectivity index (χ0n) is 12.0. The van der Waals surface area contributed by atoms with Crippen LogP contribution in [0.15, 0.2) is 42.3 Å². The van der Waals surface area contributed by atoms with Gasteiger partial charge in [0, 0.05) is 0 Å². The lowest BCUT2D eigenvalue weighted by Gasteiger charge is -1.92. The van der Waals surface area contributed by atoms with Gasteiger partial charge in [-0.1, -0.05) is 36.3 Å². The monoisotopic (exact) mass is 134 g/mol. The number of hydrogen-bond donors (Lipinski definition) is 0. The van der Waals surface area contributed by atoms with E-state index in [-0.39, 0.29) is 41.0 Å². The Kier molecular flexibility index (Phi) is 0.396. The molecule has 0 atom stereocenters. The quantitative estimate of drug-likeness (QED) is 0.519. The molecule has 0 saturated heterocycles. The van der Waals surface area contributed by atoms with E-state index >= 15 is 0 Å². The third-order valence-electron chi connectivity index (χ3n) is 1.12. The Hall–Kier alpha value is -1.30. The third-order valence-corrected chi connectivity index (χ3v) is 1.12. The summed E-state index contributed by atoms with van der Waals surface area (Å²) in [4.78, 5) is 0. The summed E-state index contributed by atoms with van der Waals surface area (Å²) in [6.07, 6.45) is 0. The fourth-order valence-corrected chi connectivity index (χ4v) is 0.688. The van der Waals surface area contributed by atoms with E-state index in [2.05, 4.69) is 6.07 Å². The summed E-state index contributed by atoms with van der Waals surface area (Å²) in [6.45, 7) is 0. The Morgan fingerprint density at radius 2 is 1.90 bits per heavy atom. The van der Waals surface area contributed by atoms with E-state index in [1.807, 2.05) is 0 Å². The molecule has 0 bridgehead atoms. The van der Waals surface area contributed by atoms with Crippen molar-refractivity contribution in [2.45, 2.75) is 0 Å². The van der Waals surface area contributed by atoms with Gasteiger partial charge in [0.25, 0.3) is 0 Å². The van der Waals surface area contributed by atoms with Crippen LogP contribution in [-0.2, 0) is 0 Å². The molecule has 0 nitrogen and oxygen atoms in total. The van der Waals surface area contributed by atoms with E-state index in [1.165, 1.54) is 0 Å². The lowest BCUT2D eigenvalue weighted by Crippen LogP contribution is -1.67. The van der Waals surface area contributed by atoms with Crippen LogP contribution in [0.5, 0.6) is 0 Å². The summed E-state index contributed by atoms with van der Waals surface area (Å²) >= 11 is 0. The normalized spacial score (nSPS) is 19.8. The molecule has 0 aliphatic rings. The molecule has 0 saturated carbocycles. The molecule has 2 aromatic rings. The van der Waals surface area contributed by atoms with Gasteiger partial charge in [0.15, 0.2) is 0 Å². The highest BCUT2D eigenvalue weighted by Gasteiger charge is 1.85. The fraction of sp³-hybridized carbons (Fsp3) is 0. The molecule has 0 unspecified atom stereocenters. The average Bonchev–Trinajstić information content (AvgIpc) is 2.28. The summed E-state index contributed by atoms with van der Waals surface area (Å²) < 4.78 is 53.0. The molecular formula is C10H7. The lowest BCUT2D eigenvalue weighted by molar-refractivity contribution is 1.74. The van der Waals surface area contributed by atoms with Crippen molar-refractivity contribution < 1.29 is 9.60 Å². The van der Waals surface area contributed by atoms with Gasteiger partial charge < -0.3 is 0 Å². The Balaban J connectivity index is 3.17. The van der Waals surface area contributed by atoms with Crippen LogP contribution in [0.2, 0.25) is 0 Å². The van der Waals surface area contributed by atoms with Crippen LogP contribution in [0.4, 0.5) is 0 Å². The zero-order chi connectivity index (χ0) is 12.9. The molecule has 0 spiro atoms. The molecule has 0 fully saturated rings. The fourth-order valence-electron chi connectivity index (χ4n) is 0.688. The summed E-state index contributed by atoms with van der Waals surface area (Å²) in [6, 6.07) is -0.313. The Morgan fingerprint density at radius 3 is 2.80 bits per heavy atom. The van der Waals surface area contributed by atoms with Crippen molar-refractivity contribution in [1.29, 1.82) is 0 Å². The topological polar surface area (TPSA) is 0 Å². The minimum Gasteiger partial charge on any atom is -0.0616 e. The smallest absolute Gasteiger partial charge is 0.0616 e. The van der Waals surface area contributed by atoms with Crippen LogP contribution < -0.4 is 0 Å². The number of rotatable bonds is 0. The molecule has 0 heteroatoms. The van der Waals surface area contributed by atoms with Crippen LogP contribution in [0.25, 0.3) is 10.8 Å². The van der Waals surface area contributed by atoms with E-state index in [9.17, 15) is 0 Å². The maximum Gasteiger partial charge on any atom is 0.0636 e. The van der Waals surface area contributed by atoms with Crippen molar-refractivity contribution in [3.05, 3.63) is 48.4 Å². The van der Waals surface area contributed by atoms with Gasteiger partial charge in [0.05, 0.1) is 9.60 Å². The van der Waals surface area contributed by atoms with Crippen LogP contribution in [-0.4, -0.2) is 0 Å². The lowest BCUT2D eigenvalue weighted by atomic mass is 10.1. The van der Waals surface area contributed by atoms with Crippen LogP contribution >= 0.6 is 0 Å². The molecule has 10 heavy (non-hydrogen) atoms. The van der Waals surface area contributed by atoms with Crippen molar-refractivity contribution in [1.82, 2.24) is 0 Å². The maximum absolute atomic E-state index is 7.67. The second kappa shape index (κ2) is 2.14. The molecule has 2 rings (SSSR count). The first-order valence-electron chi connectivity index (χ1n) is 6.25. The van der Waals surface area contributed by atoms with E-state index in [4.69, 9.17) is 9.60 Å². The molecular weight excluding hydrogens is 120 g/mol. The van der Waals surface area contributed by atoms with E-state index < -0.39 is 12.1 Å². The number of hydrogen-bond acceptors (Lipinski definition) is 0. The van der Waals surface area contributed by atoms with E-state index in [0.717, 1.165) is 0 Å². The van der Waals surface area contributed by atoms with Crippen molar-refractivity contribution in [2.24, 2.45) is 0 Å². The number of fused-ring (bicyclic) bond motifs is 1. The van der Waals surface area contributed by atoms with Gasteiger partial charge in [0.1, 0.15) is 0 Å². The van der Waals surface area contributed by atoms with Crippen LogP contribution in [0.3, 0.4) is 0 Å². The van der Waals surface area contributed by atoms with Crippen LogP contribution in [0.1, 0.15) is 9.60 Å². The summed E-state index contributed by atoms with van der Waals surface area (Å²) in [5.74, 6) is 0. The second-order valence-electron chi connectivity index (χ2n) is 1.75. The minimum atomic E-state index is -0.457. The molecule has 47 valence electrons. The summed E-state index contributed by atoms with van der Waals surface area (Å²) in [7, 11) is 0. The molecule has 0 N–H and O–H groups in total. The van der Waals surface area contributed by atoms with Crippen molar-refractivity contribution in [3.8, 4) is 0 Å². The van der Waals surface area contributed by atoms with Crippen molar-refractivity contribution >= 4 is 10.8 Å². The average molecular weight is 134 g/mol. The highest BCUT2D eigenvalue weighted by atomic mass is 13.9. The summed E-state index contributed by atoms with van der Waals surface area (Å²) in [5.41, 5.74) is 0. The second-order valence-corrected chi connectivity index (χ2v) is 1.75. The zero-order valence-corrected chi connectivity index (χ0v) is 5.00. The minimum absolute atomic E-state index is 0.0583. The van der Waals surface area contributed by atoms with Gasteiger partial charge in [0.2, 0.25) is 0 Å². The standard InChI is InChI=1S/C10H7/c1-2-6-10-8-4-3-7-9(10)5-1/h1-3,5-8H/i1D,2D,3D,5D,6D,7D,8D. The Labute approximate surface area is 69.9 Å². The summed E-state index contributed by atoms with van der Waals surface area (Å²) in [5, 5.41) is -0.151. The van der Waals surface area contributed by atoms with Crippen LogP contribution in [0, 0.1) is 6.07 Å². The van der Waals surface area contributed by atoms with Gasteiger partial charge in [-0.2, -0.15) is 0 Å². The predicted octanol–water partition coefficient (Wildman–Crippen LogP) is 2.64.